The van der Waals surface area contributed by atoms with E-state index < -0.39 is 11.9 Å². The zero-order valence-corrected chi connectivity index (χ0v) is 12.3. The fourth-order valence-electron chi connectivity index (χ4n) is 1.83. The maximum Gasteiger partial charge on any atom is 0.434 e. The normalized spacial score (nSPS) is 11.9. The predicted octanol–water partition coefficient (Wildman–Crippen LogP) is 4.39. The van der Waals surface area contributed by atoms with Crippen LogP contribution in [-0.4, -0.2) is 11.5 Å². The van der Waals surface area contributed by atoms with Crippen molar-refractivity contribution in [2.24, 2.45) is 0 Å². The van der Waals surface area contributed by atoms with Gasteiger partial charge in [0.1, 0.15) is 10.8 Å². The first-order valence-electron chi connectivity index (χ1n) is 6.37. The first-order valence-corrected chi connectivity index (χ1v) is 7.18. The van der Waals surface area contributed by atoms with Gasteiger partial charge in [-0.05, 0) is 37.2 Å². The number of aryl methyl sites for hydroxylation is 1. The number of thiazole rings is 1. The summed E-state index contributed by atoms with van der Waals surface area (Å²) in [6.45, 7) is 4.07. The number of alkyl halides is 3. The lowest BCUT2D eigenvalue weighted by molar-refractivity contribution is -0.141. The lowest BCUT2D eigenvalue weighted by Gasteiger charge is -2.05. The highest BCUT2D eigenvalue weighted by atomic mass is 32.1. The maximum atomic E-state index is 13.2. The molecule has 7 heteroatoms. The van der Waals surface area contributed by atoms with Gasteiger partial charge in [0.05, 0.1) is 4.88 Å². The molecular weight excluding hydrogens is 304 g/mol. The van der Waals surface area contributed by atoms with E-state index in [1.54, 1.807) is 6.92 Å². The van der Waals surface area contributed by atoms with Gasteiger partial charge >= 0.3 is 6.18 Å². The summed E-state index contributed by atoms with van der Waals surface area (Å²) in [5, 5.41) is 3.12. The van der Waals surface area contributed by atoms with E-state index in [9.17, 15) is 17.6 Å². The van der Waals surface area contributed by atoms with Crippen molar-refractivity contribution >= 4 is 11.3 Å². The Kier molecular flexibility index (Phi) is 4.63. The van der Waals surface area contributed by atoms with Crippen LogP contribution in [0.1, 0.15) is 23.1 Å². The summed E-state index contributed by atoms with van der Waals surface area (Å²) in [6, 6.07) is 4.19. The van der Waals surface area contributed by atoms with Crippen LogP contribution < -0.4 is 5.32 Å². The zero-order chi connectivity index (χ0) is 15.6. The van der Waals surface area contributed by atoms with Gasteiger partial charge in [-0.3, -0.25) is 0 Å². The number of rotatable bonds is 4. The van der Waals surface area contributed by atoms with Gasteiger partial charge in [-0.25, -0.2) is 9.37 Å². The molecular formula is C14H14F4N2S. The molecule has 114 valence electrons. The highest BCUT2D eigenvalue weighted by Gasteiger charge is 2.37. The highest BCUT2D eigenvalue weighted by molar-refractivity contribution is 7.15. The van der Waals surface area contributed by atoms with Crippen molar-refractivity contribution in [2.45, 2.75) is 26.6 Å². The minimum atomic E-state index is -4.49. The van der Waals surface area contributed by atoms with Gasteiger partial charge in [-0.1, -0.05) is 6.92 Å². The Morgan fingerprint density at radius 2 is 2.00 bits per heavy atom. The molecule has 0 saturated heterocycles. The van der Waals surface area contributed by atoms with Crippen molar-refractivity contribution in [3.05, 3.63) is 40.2 Å². The fraction of sp³-hybridized carbons (Fsp3) is 0.357. The summed E-state index contributed by atoms with van der Waals surface area (Å²) < 4.78 is 52.3. The molecule has 0 radical (unpaired) electrons. The van der Waals surface area contributed by atoms with Crippen molar-refractivity contribution < 1.29 is 17.6 Å². The van der Waals surface area contributed by atoms with Gasteiger partial charge in [-0.2, -0.15) is 13.2 Å². The largest absolute Gasteiger partial charge is 0.434 e. The van der Waals surface area contributed by atoms with Crippen molar-refractivity contribution in [1.82, 2.24) is 10.3 Å². The van der Waals surface area contributed by atoms with Crippen LogP contribution in [0.25, 0.3) is 10.6 Å². The van der Waals surface area contributed by atoms with Gasteiger partial charge in [0.25, 0.3) is 0 Å². The molecule has 0 aliphatic carbocycles. The smallest absolute Gasteiger partial charge is 0.312 e. The number of nitrogens with one attached hydrogen (secondary N) is 1. The van der Waals surface area contributed by atoms with Crippen LogP contribution in [0, 0.1) is 12.7 Å². The minimum absolute atomic E-state index is 0.114. The van der Waals surface area contributed by atoms with E-state index in [1.165, 1.54) is 18.2 Å². The van der Waals surface area contributed by atoms with E-state index in [4.69, 9.17) is 0 Å². The Balaban J connectivity index is 2.45. The van der Waals surface area contributed by atoms with Crippen molar-refractivity contribution in [2.75, 3.05) is 6.54 Å². The molecule has 0 saturated carbocycles. The second-order valence-electron chi connectivity index (χ2n) is 4.53. The Morgan fingerprint density at radius 3 is 2.57 bits per heavy atom. The second kappa shape index (κ2) is 6.11. The van der Waals surface area contributed by atoms with Crippen molar-refractivity contribution in [3.63, 3.8) is 0 Å². The summed E-state index contributed by atoms with van der Waals surface area (Å²) in [5.41, 5.74) is 0.00192. The molecule has 2 rings (SSSR count). The molecule has 0 spiro atoms. The van der Waals surface area contributed by atoms with Gasteiger partial charge in [0.2, 0.25) is 0 Å². The lowest BCUT2D eigenvalue weighted by Crippen LogP contribution is -2.15. The molecule has 2 aromatic rings. The van der Waals surface area contributed by atoms with Crippen LogP contribution in [0.4, 0.5) is 17.6 Å². The maximum absolute atomic E-state index is 13.2. The summed E-state index contributed by atoms with van der Waals surface area (Å²) in [6.07, 6.45) is -4.49. The third kappa shape index (κ3) is 3.59. The van der Waals surface area contributed by atoms with Crippen LogP contribution in [0.2, 0.25) is 0 Å². The summed E-state index contributed by atoms with van der Waals surface area (Å²) in [5.74, 6) is -0.390. The quantitative estimate of drug-likeness (QED) is 0.846. The molecule has 1 aromatic carbocycles. The number of hydrogen-bond acceptors (Lipinski definition) is 3. The average Bonchev–Trinajstić information content (AvgIpc) is 2.83. The number of nitrogens with zero attached hydrogens (tertiary/aromatic N) is 1. The summed E-state index contributed by atoms with van der Waals surface area (Å²) >= 11 is 0.978. The molecule has 21 heavy (non-hydrogen) atoms. The van der Waals surface area contributed by atoms with Crippen LogP contribution in [0.5, 0.6) is 0 Å². The number of benzene rings is 1. The SMILES string of the molecule is CCNCc1sc(-c2ccc(F)c(C)c2)nc1C(F)(F)F. The minimum Gasteiger partial charge on any atom is -0.312 e. The standard InChI is InChI=1S/C14H14F4N2S/c1-3-19-7-11-12(14(16,17)18)20-13(21-11)9-4-5-10(15)8(2)6-9/h4-6,19H,3,7H2,1-2H3. The summed E-state index contributed by atoms with van der Waals surface area (Å²) in [4.78, 5) is 3.85. The van der Waals surface area contributed by atoms with E-state index in [0.29, 0.717) is 17.7 Å². The molecule has 0 fully saturated rings. The van der Waals surface area contributed by atoms with E-state index in [-0.39, 0.29) is 22.2 Å². The molecule has 0 amide bonds. The molecule has 0 aliphatic heterocycles. The van der Waals surface area contributed by atoms with Gasteiger partial charge < -0.3 is 5.32 Å². The Morgan fingerprint density at radius 1 is 1.29 bits per heavy atom. The molecule has 0 bridgehead atoms. The third-order valence-electron chi connectivity index (χ3n) is 2.91. The van der Waals surface area contributed by atoms with Crippen LogP contribution in [0.3, 0.4) is 0 Å². The average molecular weight is 318 g/mol. The molecule has 1 heterocycles. The molecule has 1 N–H and O–H groups in total. The van der Waals surface area contributed by atoms with E-state index in [0.717, 1.165) is 11.3 Å². The Hall–Kier alpha value is -1.47. The van der Waals surface area contributed by atoms with Crippen LogP contribution in [0.15, 0.2) is 18.2 Å². The molecule has 0 aliphatic rings. The van der Waals surface area contributed by atoms with E-state index >= 15 is 0 Å². The van der Waals surface area contributed by atoms with Crippen LogP contribution in [-0.2, 0) is 12.7 Å². The van der Waals surface area contributed by atoms with Gasteiger partial charge in [-0.15, -0.1) is 11.3 Å². The number of halogens is 4. The highest BCUT2D eigenvalue weighted by Crippen LogP contribution is 2.37. The van der Waals surface area contributed by atoms with Crippen LogP contribution >= 0.6 is 11.3 Å². The monoisotopic (exact) mass is 318 g/mol. The second-order valence-corrected chi connectivity index (χ2v) is 5.62. The first kappa shape index (κ1) is 15.9. The topological polar surface area (TPSA) is 24.9 Å². The van der Waals surface area contributed by atoms with Gasteiger partial charge in [0.15, 0.2) is 5.69 Å². The molecule has 2 nitrogen and oxygen atoms in total. The number of aromatic nitrogens is 1. The van der Waals surface area contributed by atoms with Gasteiger partial charge in [0, 0.05) is 12.1 Å². The molecule has 0 atom stereocenters. The Labute approximate surface area is 123 Å². The lowest BCUT2D eigenvalue weighted by atomic mass is 10.1. The third-order valence-corrected chi connectivity index (χ3v) is 4.01. The Bertz CT molecular complexity index is 634. The van der Waals surface area contributed by atoms with E-state index in [2.05, 4.69) is 10.3 Å². The predicted molar refractivity (Wildman–Crippen MR) is 74.6 cm³/mol. The number of hydrogen-bond donors (Lipinski definition) is 1. The van der Waals surface area contributed by atoms with Crippen molar-refractivity contribution in [3.8, 4) is 10.6 Å². The van der Waals surface area contributed by atoms with E-state index in [1.807, 2.05) is 6.92 Å². The zero-order valence-electron chi connectivity index (χ0n) is 11.5. The molecule has 1 aromatic heterocycles. The summed E-state index contributed by atoms with van der Waals surface area (Å²) in [7, 11) is 0. The molecule has 0 unspecified atom stereocenters. The first-order chi connectivity index (χ1) is 9.82. The fourth-order valence-corrected chi connectivity index (χ4v) is 2.88. The van der Waals surface area contributed by atoms with Crippen molar-refractivity contribution in [1.29, 1.82) is 0 Å².